The minimum Gasteiger partial charge on any atom is -0.383 e. The van der Waals surface area contributed by atoms with E-state index in [2.05, 4.69) is 20.6 Å². The van der Waals surface area contributed by atoms with Crippen molar-refractivity contribution < 1.29 is 27.9 Å². The van der Waals surface area contributed by atoms with Gasteiger partial charge in [0.1, 0.15) is 10.6 Å². The highest BCUT2D eigenvalue weighted by atomic mass is 32.1. The highest BCUT2D eigenvalue weighted by Gasteiger charge is 2.38. The summed E-state index contributed by atoms with van der Waals surface area (Å²) >= 11 is 1.49. The molecule has 1 aliphatic carbocycles. The van der Waals surface area contributed by atoms with Crippen LogP contribution in [0.1, 0.15) is 53.0 Å². The molecule has 1 saturated heterocycles. The lowest BCUT2D eigenvalue weighted by molar-refractivity contribution is -0.137. The van der Waals surface area contributed by atoms with Gasteiger partial charge in [0, 0.05) is 54.9 Å². The monoisotopic (exact) mass is 573 g/mol. The van der Waals surface area contributed by atoms with Gasteiger partial charge in [0.15, 0.2) is 0 Å². The maximum Gasteiger partial charge on any atom is 0.416 e. The number of likely N-dealkylation sites (tertiary alicyclic amines) is 1. The summed E-state index contributed by atoms with van der Waals surface area (Å²) in [6.07, 6.45) is 4.21. The molecule has 3 N–H and O–H groups in total. The van der Waals surface area contributed by atoms with Crippen molar-refractivity contribution in [3.63, 3.8) is 0 Å². The fourth-order valence-electron chi connectivity index (χ4n) is 5.27. The van der Waals surface area contributed by atoms with E-state index >= 15 is 0 Å². The summed E-state index contributed by atoms with van der Waals surface area (Å²) in [5.41, 5.74) is -1.05. The van der Waals surface area contributed by atoms with Crippen molar-refractivity contribution in [1.82, 2.24) is 25.5 Å². The van der Waals surface area contributed by atoms with Crippen molar-refractivity contribution in [2.24, 2.45) is 0 Å². The zero-order valence-corrected chi connectivity index (χ0v) is 22.5. The van der Waals surface area contributed by atoms with Crippen molar-refractivity contribution >= 4 is 23.2 Å². The molecule has 1 atom stereocenters. The molecule has 0 unspecified atom stereocenters. The van der Waals surface area contributed by atoms with Crippen LogP contribution in [0.2, 0.25) is 0 Å². The fourth-order valence-corrected chi connectivity index (χ4v) is 6.32. The molecular weight excluding hydrogens is 543 g/mol. The van der Waals surface area contributed by atoms with Crippen LogP contribution in [0.15, 0.2) is 55.0 Å². The second kappa shape index (κ2) is 11.6. The van der Waals surface area contributed by atoms with Gasteiger partial charge in [-0.2, -0.15) is 13.2 Å². The van der Waals surface area contributed by atoms with E-state index in [-0.39, 0.29) is 30.1 Å². The molecule has 1 saturated carbocycles. The Morgan fingerprint density at radius 1 is 1.10 bits per heavy atom. The molecule has 1 aromatic carbocycles. The van der Waals surface area contributed by atoms with Crippen molar-refractivity contribution in [3.8, 4) is 10.4 Å². The van der Waals surface area contributed by atoms with Gasteiger partial charge in [-0.25, -0.2) is 4.98 Å². The number of pyridine rings is 1. The SMILES string of the molecule is O=C(NCC(=O)N1CC[C@H](NC2CCC(O)(c3ncc(-c4cccnc4)s3)CC2)C1)c1cccc(C(F)(F)F)c1. The molecule has 0 radical (unpaired) electrons. The van der Waals surface area contributed by atoms with Gasteiger partial charge in [-0.3, -0.25) is 14.6 Å². The molecule has 0 spiro atoms. The third kappa shape index (κ3) is 6.51. The fraction of sp³-hybridized carbons (Fsp3) is 0.429. The van der Waals surface area contributed by atoms with Gasteiger partial charge in [0.25, 0.3) is 5.91 Å². The Morgan fingerprint density at radius 3 is 2.62 bits per heavy atom. The lowest BCUT2D eigenvalue weighted by atomic mass is 9.82. The van der Waals surface area contributed by atoms with E-state index in [0.717, 1.165) is 46.8 Å². The number of alkyl halides is 3. The van der Waals surface area contributed by atoms with Gasteiger partial charge < -0.3 is 20.6 Å². The largest absolute Gasteiger partial charge is 0.416 e. The van der Waals surface area contributed by atoms with E-state index in [1.807, 2.05) is 12.1 Å². The Morgan fingerprint density at radius 2 is 1.90 bits per heavy atom. The molecule has 3 heterocycles. The second-order valence-corrected chi connectivity index (χ2v) is 11.4. The van der Waals surface area contributed by atoms with Crippen LogP contribution < -0.4 is 10.6 Å². The van der Waals surface area contributed by atoms with Crippen LogP contribution in [-0.4, -0.2) is 63.5 Å². The number of rotatable bonds is 7. The number of aliphatic hydroxyl groups is 1. The van der Waals surface area contributed by atoms with E-state index in [4.69, 9.17) is 0 Å². The molecule has 40 heavy (non-hydrogen) atoms. The Labute approximate surface area is 233 Å². The van der Waals surface area contributed by atoms with Crippen LogP contribution >= 0.6 is 11.3 Å². The molecular formula is C28H30F3N5O3S. The highest BCUT2D eigenvalue weighted by Crippen LogP contribution is 2.41. The average molecular weight is 574 g/mol. The highest BCUT2D eigenvalue weighted by molar-refractivity contribution is 7.15. The molecule has 2 aliphatic rings. The quantitative estimate of drug-likeness (QED) is 0.395. The Bertz CT molecular complexity index is 1340. The van der Waals surface area contributed by atoms with Gasteiger partial charge >= 0.3 is 6.18 Å². The summed E-state index contributed by atoms with van der Waals surface area (Å²) in [6, 6.07) is 8.25. The second-order valence-electron chi connectivity index (χ2n) is 10.3. The van der Waals surface area contributed by atoms with Gasteiger partial charge in [-0.1, -0.05) is 12.1 Å². The van der Waals surface area contributed by atoms with Crippen LogP contribution in [0.3, 0.4) is 0 Å². The number of amides is 2. The molecule has 2 fully saturated rings. The van der Waals surface area contributed by atoms with Gasteiger partial charge in [0.05, 0.1) is 17.0 Å². The first-order chi connectivity index (χ1) is 19.1. The Balaban J connectivity index is 1.07. The van der Waals surface area contributed by atoms with E-state index in [9.17, 15) is 27.9 Å². The van der Waals surface area contributed by atoms with Gasteiger partial charge in [-0.05, 0) is 56.4 Å². The summed E-state index contributed by atoms with van der Waals surface area (Å²) in [5.74, 6) is -1.01. The van der Waals surface area contributed by atoms with Crippen LogP contribution in [0.25, 0.3) is 10.4 Å². The molecule has 5 rings (SSSR count). The van der Waals surface area contributed by atoms with Crippen molar-refractivity contribution in [2.75, 3.05) is 19.6 Å². The van der Waals surface area contributed by atoms with E-state index in [1.54, 1.807) is 23.5 Å². The number of carbonyl (C=O) groups is 2. The van der Waals surface area contributed by atoms with E-state index in [0.29, 0.717) is 25.9 Å². The number of nitrogens with one attached hydrogen (secondary N) is 2. The molecule has 2 aromatic heterocycles. The zero-order chi connectivity index (χ0) is 28.3. The summed E-state index contributed by atoms with van der Waals surface area (Å²) in [4.78, 5) is 36.2. The van der Waals surface area contributed by atoms with E-state index < -0.39 is 23.2 Å². The number of hydrogen-bond donors (Lipinski definition) is 3. The summed E-state index contributed by atoms with van der Waals surface area (Å²) in [5, 5.41) is 18.1. The lowest BCUT2D eigenvalue weighted by Gasteiger charge is -2.36. The minimum atomic E-state index is -4.55. The zero-order valence-electron chi connectivity index (χ0n) is 21.7. The first kappa shape index (κ1) is 28.2. The number of hydrogen-bond acceptors (Lipinski definition) is 7. The number of nitrogens with zero attached hydrogens (tertiary/aromatic N) is 3. The molecule has 212 valence electrons. The smallest absolute Gasteiger partial charge is 0.383 e. The summed E-state index contributed by atoms with van der Waals surface area (Å²) < 4.78 is 38.7. The first-order valence-corrected chi connectivity index (χ1v) is 14.0. The maximum atomic E-state index is 12.9. The molecule has 1 aliphatic heterocycles. The molecule has 8 nitrogen and oxygen atoms in total. The molecule has 2 amide bonds. The number of benzene rings is 1. The maximum absolute atomic E-state index is 12.9. The number of carbonyl (C=O) groups excluding carboxylic acids is 2. The van der Waals surface area contributed by atoms with Crippen molar-refractivity contribution in [3.05, 3.63) is 71.1 Å². The van der Waals surface area contributed by atoms with Crippen LogP contribution in [0, 0.1) is 0 Å². The van der Waals surface area contributed by atoms with Crippen LogP contribution in [-0.2, 0) is 16.6 Å². The molecule has 3 aromatic rings. The minimum absolute atomic E-state index is 0.0938. The molecule has 0 bridgehead atoms. The third-order valence-electron chi connectivity index (χ3n) is 7.53. The first-order valence-electron chi connectivity index (χ1n) is 13.2. The van der Waals surface area contributed by atoms with Crippen molar-refractivity contribution in [1.29, 1.82) is 0 Å². The summed E-state index contributed by atoms with van der Waals surface area (Å²) in [6.45, 7) is 0.732. The lowest BCUT2D eigenvalue weighted by Crippen LogP contribution is -2.46. The number of halogens is 3. The normalized spacial score (nSPS) is 23.2. The molecule has 12 heteroatoms. The van der Waals surface area contributed by atoms with Gasteiger partial charge in [0.2, 0.25) is 5.91 Å². The van der Waals surface area contributed by atoms with E-state index in [1.165, 1.54) is 23.5 Å². The topological polar surface area (TPSA) is 107 Å². The summed E-state index contributed by atoms with van der Waals surface area (Å²) in [7, 11) is 0. The predicted octanol–water partition coefficient (Wildman–Crippen LogP) is 3.97. The Hall–Kier alpha value is -3.35. The van der Waals surface area contributed by atoms with Crippen LogP contribution in [0.5, 0.6) is 0 Å². The van der Waals surface area contributed by atoms with Gasteiger partial charge in [-0.15, -0.1) is 11.3 Å². The Kier molecular flexibility index (Phi) is 8.20. The number of aromatic nitrogens is 2. The van der Waals surface area contributed by atoms with Crippen LogP contribution in [0.4, 0.5) is 13.2 Å². The van der Waals surface area contributed by atoms with Crippen molar-refractivity contribution in [2.45, 2.75) is 56.0 Å². The third-order valence-corrected chi connectivity index (χ3v) is 8.77. The predicted molar refractivity (Wildman–Crippen MR) is 143 cm³/mol. The average Bonchev–Trinajstić information content (AvgIpc) is 3.64. The number of thiazole rings is 1. The standard InChI is InChI=1S/C28H30F3N5O3S/c29-28(30,31)20-5-1-3-18(13-20)25(38)33-16-24(37)36-12-8-22(17-36)35-21-6-9-27(39,10-7-21)26-34-15-23(40-26)19-4-2-11-32-14-19/h1-5,11,13-15,21-22,35,39H,6-10,12,16-17H2,(H,33,38)/t21?,22-,27?/m0/s1.